The summed E-state index contributed by atoms with van der Waals surface area (Å²) in [5.74, 6) is 0.0442. The smallest absolute Gasteiger partial charge is 0.251 e. The number of rotatable bonds is 9. The minimum atomic E-state index is 0.0442. The van der Waals surface area contributed by atoms with E-state index in [0.717, 1.165) is 29.3 Å². The Balaban J connectivity index is 1.75. The topological polar surface area (TPSA) is 29.1 Å². The molecule has 0 aromatic heterocycles. The molecule has 0 fully saturated rings. The van der Waals surface area contributed by atoms with Gasteiger partial charge in [-0.1, -0.05) is 81.8 Å². The van der Waals surface area contributed by atoms with Crippen LogP contribution < -0.4 is 5.32 Å². The molecule has 1 amide bonds. The Hall–Kier alpha value is -1.83. The van der Waals surface area contributed by atoms with E-state index >= 15 is 0 Å². The maximum atomic E-state index is 12.3. The molecule has 0 atom stereocenters. The molecule has 0 saturated heterocycles. The van der Waals surface area contributed by atoms with Crippen LogP contribution in [0.3, 0.4) is 0 Å². The van der Waals surface area contributed by atoms with Crippen LogP contribution in [-0.4, -0.2) is 12.5 Å². The predicted molar refractivity (Wildman–Crippen MR) is 94.3 cm³/mol. The van der Waals surface area contributed by atoms with Gasteiger partial charge < -0.3 is 5.32 Å². The molecule has 2 rings (SSSR count). The lowest BCUT2D eigenvalue weighted by molar-refractivity contribution is 0.0954. The van der Waals surface area contributed by atoms with Gasteiger partial charge in [-0.15, -0.1) is 0 Å². The first-order valence-corrected chi connectivity index (χ1v) is 8.59. The van der Waals surface area contributed by atoms with E-state index < -0.39 is 0 Å². The Bertz CT molecular complexity index is 586. The first-order chi connectivity index (χ1) is 10.8. The van der Waals surface area contributed by atoms with Gasteiger partial charge in [-0.2, -0.15) is 0 Å². The normalized spacial score (nSPS) is 10.8. The van der Waals surface area contributed by atoms with Crippen molar-refractivity contribution in [3.05, 3.63) is 48.0 Å². The van der Waals surface area contributed by atoms with Crippen LogP contribution in [0.2, 0.25) is 0 Å². The van der Waals surface area contributed by atoms with Crippen LogP contribution in [0.25, 0.3) is 10.8 Å². The van der Waals surface area contributed by atoms with Gasteiger partial charge in [0.25, 0.3) is 5.91 Å². The number of hydrogen-bond donors (Lipinski definition) is 1. The fourth-order valence-electron chi connectivity index (χ4n) is 2.80. The monoisotopic (exact) mass is 297 g/mol. The second-order valence-electron chi connectivity index (χ2n) is 5.90. The van der Waals surface area contributed by atoms with E-state index in [1.165, 1.54) is 38.5 Å². The van der Waals surface area contributed by atoms with Gasteiger partial charge in [0, 0.05) is 12.1 Å². The summed E-state index contributed by atoms with van der Waals surface area (Å²) in [6.45, 7) is 3.01. The van der Waals surface area contributed by atoms with Gasteiger partial charge in [0.2, 0.25) is 0 Å². The molecule has 2 nitrogen and oxygen atoms in total. The quantitative estimate of drug-likeness (QED) is 0.623. The number of nitrogens with one attached hydrogen (secondary N) is 1. The summed E-state index contributed by atoms with van der Waals surface area (Å²) in [6.07, 6.45) is 8.87. The van der Waals surface area contributed by atoms with Gasteiger partial charge in [0.15, 0.2) is 0 Å². The first kappa shape index (κ1) is 16.5. The van der Waals surface area contributed by atoms with Gasteiger partial charge in [0.05, 0.1) is 0 Å². The van der Waals surface area contributed by atoms with E-state index in [1.54, 1.807) is 0 Å². The SMILES string of the molecule is CCCCCCCCCNC(=O)c1cccc2ccccc12. The zero-order valence-electron chi connectivity index (χ0n) is 13.6. The summed E-state index contributed by atoms with van der Waals surface area (Å²) < 4.78 is 0. The third kappa shape index (κ3) is 4.87. The molecule has 2 aromatic rings. The van der Waals surface area contributed by atoms with Crippen LogP contribution in [0, 0.1) is 0 Å². The highest BCUT2D eigenvalue weighted by atomic mass is 16.1. The number of hydrogen-bond acceptors (Lipinski definition) is 1. The van der Waals surface area contributed by atoms with Crippen molar-refractivity contribution in [2.45, 2.75) is 51.9 Å². The zero-order valence-corrected chi connectivity index (χ0v) is 13.6. The molecule has 22 heavy (non-hydrogen) atoms. The number of carbonyl (C=O) groups is 1. The predicted octanol–water partition coefficient (Wildman–Crippen LogP) is 5.32. The maximum Gasteiger partial charge on any atom is 0.251 e. The highest BCUT2D eigenvalue weighted by Crippen LogP contribution is 2.18. The van der Waals surface area contributed by atoms with E-state index in [-0.39, 0.29) is 5.91 Å². The van der Waals surface area contributed by atoms with Crippen LogP contribution in [0.4, 0.5) is 0 Å². The fourth-order valence-corrected chi connectivity index (χ4v) is 2.80. The third-order valence-electron chi connectivity index (χ3n) is 4.10. The molecule has 0 radical (unpaired) electrons. The molecular weight excluding hydrogens is 270 g/mol. The lowest BCUT2D eigenvalue weighted by Crippen LogP contribution is -2.24. The van der Waals surface area contributed by atoms with Gasteiger partial charge in [0.1, 0.15) is 0 Å². The standard InChI is InChI=1S/C20H27NO/c1-2-3-4-5-6-7-10-16-21-20(22)19-15-11-13-17-12-8-9-14-18(17)19/h8-9,11-15H,2-7,10,16H2,1H3,(H,21,22). The molecule has 0 saturated carbocycles. The summed E-state index contributed by atoms with van der Waals surface area (Å²) in [5, 5.41) is 5.20. The van der Waals surface area contributed by atoms with Crippen molar-refractivity contribution in [3.8, 4) is 0 Å². The van der Waals surface area contributed by atoms with Crippen molar-refractivity contribution in [1.29, 1.82) is 0 Å². The van der Waals surface area contributed by atoms with Crippen molar-refractivity contribution in [1.82, 2.24) is 5.32 Å². The Morgan fingerprint density at radius 2 is 1.55 bits per heavy atom. The number of amides is 1. The van der Waals surface area contributed by atoms with E-state index in [2.05, 4.69) is 12.2 Å². The fraction of sp³-hybridized carbons (Fsp3) is 0.450. The van der Waals surface area contributed by atoms with E-state index in [4.69, 9.17) is 0 Å². The van der Waals surface area contributed by atoms with Crippen LogP contribution >= 0.6 is 0 Å². The summed E-state index contributed by atoms with van der Waals surface area (Å²) >= 11 is 0. The van der Waals surface area contributed by atoms with Crippen molar-refractivity contribution < 1.29 is 4.79 Å². The first-order valence-electron chi connectivity index (χ1n) is 8.59. The minimum absolute atomic E-state index is 0.0442. The Labute approximate surface area is 133 Å². The van der Waals surface area contributed by atoms with Crippen molar-refractivity contribution in [3.63, 3.8) is 0 Å². The average molecular weight is 297 g/mol. The van der Waals surface area contributed by atoms with Crippen LogP contribution in [0.5, 0.6) is 0 Å². The van der Waals surface area contributed by atoms with Crippen molar-refractivity contribution in [2.75, 3.05) is 6.54 Å². The lowest BCUT2D eigenvalue weighted by Gasteiger charge is -2.08. The van der Waals surface area contributed by atoms with Crippen LogP contribution in [0.1, 0.15) is 62.2 Å². The zero-order chi connectivity index (χ0) is 15.6. The van der Waals surface area contributed by atoms with Gasteiger partial charge in [-0.3, -0.25) is 4.79 Å². The number of carbonyl (C=O) groups excluding carboxylic acids is 1. The van der Waals surface area contributed by atoms with Crippen LogP contribution in [0.15, 0.2) is 42.5 Å². The Kier molecular flexibility index (Phi) is 6.95. The molecule has 118 valence electrons. The van der Waals surface area contributed by atoms with Crippen LogP contribution in [-0.2, 0) is 0 Å². The molecule has 0 aliphatic heterocycles. The molecule has 0 aliphatic carbocycles. The van der Waals surface area contributed by atoms with Crippen molar-refractivity contribution in [2.24, 2.45) is 0 Å². The number of benzene rings is 2. The molecule has 2 heteroatoms. The van der Waals surface area contributed by atoms with Gasteiger partial charge in [-0.25, -0.2) is 0 Å². The molecule has 0 heterocycles. The largest absolute Gasteiger partial charge is 0.352 e. The number of unbranched alkanes of at least 4 members (excludes halogenated alkanes) is 6. The van der Waals surface area contributed by atoms with Crippen molar-refractivity contribution >= 4 is 16.7 Å². The van der Waals surface area contributed by atoms with Gasteiger partial charge >= 0.3 is 0 Å². The summed E-state index contributed by atoms with van der Waals surface area (Å²) in [4.78, 5) is 12.3. The average Bonchev–Trinajstić information content (AvgIpc) is 2.56. The molecule has 0 bridgehead atoms. The minimum Gasteiger partial charge on any atom is -0.352 e. The van der Waals surface area contributed by atoms with E-state index in [1.807, 2.05) is 42.5 Å². The molecule has 0 unspecified atom stereocenters. The highest BCUT2D eigenvalue weighted by molar-refractivity contribution is 6.06. The Morgan fingerprint density at radius 3 is 2.36 bits per heavy atom. The summed E-state index contributed by atoms with van der Waals surface area (Å²) in [5.41, 5.74) is 0.779. The summed E-state index contributed by atoms with van der Waals surface area (Å²) in [6, 6.07) is 13.9. The molecular formula is C20H27NO. The molecule has 0 spiro atoms. The highest BCUT2D eigenvalue weighted by Gasteiger charge is 2.08. The van der Waals surface area contributed by atoms with E-state index in [9.17, 15) is 4.79 Å². The molecule has 2 aromatic carbocycles. The van der Waals surface area contributed by atoms with E-state index in [0.29, 0.717) is 0 Å². The second-order valence-corrected chi connectivity index (χ2v) is 5.90. The molecule has 1 N–H and O–H groups in total. The lowest BCUT2D eigenvalue weighted by atomic mass is 10.0. The number of fused-ring (bicyclic) bond motifs is 1. The summed E-state index contributed by atoms with van der Waals surface area (Å²) in [7, 11) is 0. The Morgan fingerprint density at radius 1 is 0.864 bits per heavy atom. The van der Waals surface area contributed by atoms with Gasteiger partial charge in [-0.05, 0) is 23.3 Å². The third-order valence-corrected chi connectivity index (χ3v) is 4.10. The molecule has 0 aliphatic rings. The second kappa shape index (κ2) is 9.24. The maximum absolute atomic E-state index is 12.3.